The molecule has 1 aliphatic heterocycles. The Morgan fingerprint density at radius 3 is 2.92 bits per heavy atom. The summed E-state index contributed by atoms with van der Waals surface area (Å²) in [5.41, 5.74) is 5.19. The quantitative estimate of drug-likeness (QED) is 0.737. The van der Waals surface area contributed by atoms with Crippen LogP contribution in [-0.2, 0) is 24.3 Å². The second-order valence-corrected chi connectivity index (χ2v) is 6.28. The van der Waals surface area contributed by atoms with E-state index >= 15 is 0 Å². The highest BCUT2D eigenvalue weighted by molar-refractivity contribution is 5.86. The number of rotatable bonds is 5. The third kappa shape index (κ3) is 3.69. The number of hydrogen-bond acceptors (Lipinski definition) is 4. The molecule has 0 spiro atoms. The lowest BCUT2D eigenvalue weighted by Gasteiger charge is -2.19. The summed E-state index contributed by atoms with van der Waals surface area (Å²) < 4.78 is 5.29. The molecular weight excluding hydrogens is 328 g/mol. The van der Waals surface area contributed by atoms with Crippen molar-refractivity contribution < 1.29 is 9.53 Å². The maximum Gasteiger partial charge on any atom is 0.411 e. The van der Waals surface area contributed by atoms with Gasteiger partial charge in [-0.05, 0) is 29.7 Å². The number of imidazole rings is 1. The van der Waals surface area contributed by atoms with Crippen LogP contribution in [0.15, 0.2) is 61.1 Å². The van der Waals surface area contributed by atoms with Gasteiger partial charge in [0.2, 0.25) is 0 Å². The molecule has 6 nitrogen and oxygen atoms in total. The van der Waals surface area contributed by atoms with Crippen LogP contribution in [0.5, 0.6) is 0 Å². The van der Waals surface area contributed by atoms with Gasteiger partial charge in [0.15, 0.2) is 0 Å². The molecule has 0 unspecified atom stereocenters. The van der Waals surface area contributed by atoms with E-state index in [2.05, 4.69) is 26.3 Å². The normalized spacial score (nSPS) is 12.7. The Hall–Kier alpha value is -3.28. The lowest BCUT2D eigenvalue weighted by Crippen LogP contribution is -2.20. The summed E-state index contributed by atoms with van der Waals surface area (Å²) in [6, 6.07) is 15.6. The van der Waals surface area contributed by atoms with Gasteiger partial charge in [-0.1, -0.05) is 36.4 Å². The second kappa shape index (κ2) is 7.31. The van der Waals surface area contributed by atoms with Crippen molar-refractivity contribution in [2.75, 3.05) is 16.8 Å². The van der Waals surface area contributed by atoms with Crippen molar-refractivity contribution in [1.82, 2.24) is 9.97 Å². The molecule has 0 aliphatic carbocycles. The molecule has 132 valence electrons. The van der Waals surface area contributed by atoms with Crippen molar-refractivity contribution in [3.8, 4) is 0 Å². The third-order valence-corrected chi connectivity index (χ3v) is 4.45. The molecule has 4 rings (SSSR count). The molecular formula is C20H20N4O2. The number of benzene rings is 2. The summed E-state index contributed by atoms with van der Waals surface area (Å²) in [5, 5.41) is 2.81. The highest BCUT2D eigenvalue weighted by atomic mass is 16.5. The minimum atomic E-state index is -0.452. The third-order valence-electron chi connectivity index (χ3n) is 4.45. The van der Waals surface area contributed by atoms with Gasteiger partial charge >= 0.3 is 6.09 Å². The topological polar surface area (TPSA) is 70.2 Å². The summed E-state index contributed by atoms with van der Waals surface area (Å²) >= 11 is 0. The SMILES string of the molecule is O=C(Nc1ccc2c(c1)N(Cc1cnc[nH]1)CC2)OCc1ccccc1. The van der Waals surface area contributed by atoms with Crippen LogP contribution in [-0.4, -0.2) is 22.6 Å². The van der Waals surface area contributed by atoms with Gasteiger partial charge < -0.3 is 14.6 Å². The highest BCUT2D eigenvalue weighted by Gasteiger charge is 2.20. The monoisotopic (exact) mass is 348 g/mol. The number of aromatic nitrogens is 2. The van der Waals surface area contributed by atoms with Gasteiger partial charge in [0, 0.05) is 24.1 Å². The predicted octanol–water partition coefficient (Wildman–Crippen LogP) is 3.72. The standard InChI is InChI=1S/C20H20N4O2/c25-20(26-13-15-4-2-1-3-5-15)23-17-7-6-16-8-9-24(19(16)10-17)12-18-11-21-14-22-18/h1-7,10-11,14H,8-9,12-13H2,(H,21,22)(H,23,25). The van der Waals surface area contributed by atoms with Crippen LogP contribution >= 0.6 is 0 Å². The van der Waals surface area contributed by atoms with Crippen molar-refractivity contribution in [3.63, 3.8) is 0 Å². The van der Waals surface area contributed by atoms with E-state index in [1.165, 1.54) is 5.56 Å². The number of amides is 1. The molecule has 2 heterocycles. The molecule has 0 bridgehead atoms. The predicted molar refractivity (Wildman–Crippen MR) is 100 cm³/mol. The fraction of sp³-hybridized carbons (Fsp3) is 0.200. The van der Waals surface area contributed by atoms with Crippen molar-refractivity contribution >= 4 is 17.5 Å². The van der Waals surface area contributed by atoms with Crippen molar-refractivity contribution in [2.24, 2.45) is 0 Å². The summed E-state index contributed by atoms with van der Waals surface area (Å²) in [6.07, 6.45) is 4.07. The Bertz CT molecular complexity index is 878. The maximum absolute atomic E-state index is 12.1. The first-order valence-electron chi connectivity index (χ1n) is 8.61. The average molecular weight is 348 g/mol. The van der Waals surface area contributed by atoms with Crippen LogP contribution in [0.2, 0.25) is 0 Å². The van der Waals surface area contributed by atoms with Gasteiger partial charge in [0.25, 0.3) is 0 Å². The number of carbonyl (C=O) groups is 1. The number of aromatic amines is 1. The van der Waals surface area contributed by atoms with Crippen LogP contribution < -0.4 is 10.2 Å². The number of nitrogens with one attached hydrogen (secondary N) is 2. The second-order valence-electron chi connectivity index (χ2n) is 6.28. The summed E-state index contributed by atoms with van der Waals surface area (Å²) in [5.74, 6) is 0. The molecule has 1 aromatic heterocycles. The molecule has 0 saturated carbocycles. The van der Waals surface area contributed by atoms with E-state index in [-0.39, 0.29) is 6.61 Å². The van der Waals surface area contributed by atoms with Crippen molar-refractivity contribution in [2.45, 2.75) is 19.6 Å². The molecule has 0 fully saturated rings. The number of fused-ring (bicyclic) bond motifs is 1. The van der Waals surface area contributed by atoms with Gasteiger partial charge in [0.1, 0.15) is 6.61 Å². The van der Waals surface area contributed by atoms with E-state index in [0.29, 0.717) is 0 Å². The van der Waals surface area contributed by atoms with Gasteiger partial charge in [-0.25, -0.2) is 9.78 Å². The zero-order chi connectivity index (χ0) is 17.8. The van der Waals surface area contributed by atoms with E-state index in [4.69, 9.17) is 4.74 Å². The summed E-state index contributed by atoms with van der Waals surface area (Å²) in [7, 11) is 0. The maximum atomic E-state index is 12.1. The number of hydrogen-bond donors (Lipinski definition) is 2. The molecule has 26 heavy (non-hydrogen) atoms. The van der Waals surface area contributed by atoms with E-state index in [9.17, 15) is 4.79 Å². The Morgan fingerprint density at radius 1 is 1.23 bits per heavy atom. The minimum Gasteiger partial charge on any atom is -0.444 e. The van der Waals surface area contributed by atoms with Crippen LogP contribution in [0.25, 0.3) is 0 Å². The largest absolute Gasteiger partial charge is 0.444 e. The molecule has 6 heteroatoms. The smallest absolute Gasteiger partial charge is 0.411 e. The van der Waals surface area contributed by atoms with E-state index in [1.54, 1.807) is 6.33 Å². The van der Waals surface area contributed by atoms with Crippen LogP contribution in [0.1, 0.15) is 16.8 Å². The first kappa shape index (κ1) is 16.2. The average Bonchev–Trinajstić information content (AvgIpc) is 3.32. The van der Waals surface area contributed by atoms with Crippen LogP contribution in [0.4, 0.5) is 16.2 Å². The number of nitrogens with zero attached hydrogens (tertiary/aromatic N) is 2. The molecule has 2 aromatic carbocycles. The van der Waals surface area contributed by atoms with Gasteiger partial charge in [-0.3, -0.25) is 5.32 Å². The molecule has 0 atom stereocenters. The molecule has 2 N–H and O–H groups in total. The number of H-pyrrole nitrogens is 1. The van der Waals surface area contributed by atoms with E-state index in [0.717, 1.165) is 42.1 Å². The lowest BCUT2D eigenvalue weighted by atomic mass is 10.1. The van der Waals surface area contributed by atoms with Gasteiger partial charge in [-0.15, -0.1) is 0 Å². The Morgan fingerprint density at radius 2 is 2.12 bits per heavy atom. The molecule has 0 saturated heterocycles. The van der Waals surface area contributed by atoms with Gasteiger partial charge in [-0.2, -0.15) is 0 Å². The first-order chi connectivity index (χ1) is 12.8. The zero-order valence-electron chi connectivity index (χ0n) is 14.3. The fourth-order valence-corrected chi connectivity index (χ4v) is 3.14. The van der Waals surface area contributed by atoms with E-state index < -0.39 is 6.09 Å². The zero-order valence-corrected chi connectivity index (χ0v) is 14.3. The molecule has 3 aromatic rings. The summed E-state index contributed by atoms with van der Waals surface area (Å²) in [4.78, 5) is 21.5. The fourth-order valence-electron chi connectivity index (χ4n) is 3.14. The van der Waals surface area contributed by atoms with Crippen LogP contribution in [0, 0.1) is 0 Å². The van der Waals surface area contributed by atoms with Crippen molar-refractivity contribution in [3.05, 3.63) is 77.9 Å². The van der Waals surface area contributed by atoms with Gasteiger partial charge in [0.05, 0.1) is 18.6 Å². The Kier molecular flexibility index (Phi) is 4.55. The molecule has 1 aliphatic rings. The molecule has 0 radical (unpaired) electrons. The van der Waals surface area contributed by atoms with Crippen molar-refractivity contribution in [1.29, 1.82) is 0 Å². The Labute approximate surface area is 151 Å². The number of carbonyl (C=O) groups excluding carboxylic acids is 1. The first-order valence-corrected chi connectivity index (χ1v) is 8.61. The highest BCUT2D eigenvalue weighted by Crippen LogP contribution is 2.31. The minimum absolute atomic E-state index is 0.254. The number of anilines is 2. The lowest BCUT2D eigenvalue weighted by molar-refractivity contribution is 0.155. The summed E-state index contributed by atoms with van der Waals surface area (Å²) in [6.45, 7) is 1.98. The molecule has 1 amide bonds. The Balaban J connectivity index is 1.39. The van der Waals surface area contributed by atoms with E-state index in [1.807, 2.05) is 48.7 Å². The van der Waals surface area contributed by atoms with Crippen LogP contribution in [0.3, 0.4) is 0 Å². The number of ether oxygens (including phenoxy) is 1.